The number of fused-ring (bicyclic) bond motifs is 1. The maximum Gasteiger partial charge on any atom is 0.153 e. The van der Waals surface area contributed by atoms with E-state index in [0.29, 0.717) is 5.92 Å². The van der Waals surface area contributed by atoms with Crippen molar-refractivity contribution in [1.29, 1.82) is 0 Å². The summed E-state index contributed by atoms with van der Waals surface area (Å²) < 4.78 is 3.91. The molecule has 0 bridgehead atoms. The molecule has 0 atom stereocenters. The molecule has 0 aliphatic carbocycles. The van der Waals surface area contributed by atoms with Gasteiger partial charge in [0.05, 0.1) is 16.7 Å². The maximum absolute atomic E-state index is 4.79. The van der Waals surface area contributed by atoms with Crippen LogP contribution in [-0.2, 0) is 13.0 Å². The van der Waals surface area contributed by atoms with E-state index in [0.717, 1.165) is 53.6 Å². The number of hydrogen-bond acceptors (Lipinski definition) is 4. The predicted octanol–water partition coefficient (Wildman–Crippen LogP) is 3.40. The highest BCUT2D eigenvalue weighted by Gasteiger charge is 2.15. The van der Waals surface area contributed by atoms with Gasteiger partial charge in [-0.25, -0.2) is 14.6 Å². The van der Waals surface area contributed by atoms with Crippen LogP contribution in [-0.4, -0.2) is 34.5 Å². The number of aromatic amines is 1. The van der Waals surface area contributed by atoms with Crippen molar-refractivity contribution in [2.45, 2.75) is 46.1 Å². The number of benzene rings is 1. The quantitative estimate of drug-likeness (QED) is 0.579. The SMILES string of the molecule is Cc1nc2ccc(-n3nc(C(C)C)nc3CCCn3cccn3)cc2[nH]1. The number of hydrogen-bond donors (Lipinski definition) is 1. The van der Waals surface area contributed by atoms with Crippen LogP contribution in [0, 0.1) is 6.92 Å². The zero-order valence-electron chi connectivity index (χ0n) is 15.3. The summed E-state index contributed by atoms with van der Waals surface area (Å²) in [6, 6.07) is 8.11. The summed E-state index contributed by atoms with van der Waals surface area (Å²) in [4.78, 5) is 12.6. The van der Waals surface area contributed by atoms with Gasteiger partial charge in [0.15, 0.2) is 5.82 Å². The molecule has 0 aliphatic heterocycles. The van der Waals surface area contributed by atoms with Gasteiger partial charge in [-0.2, -0.15) is 10.2 Å². The number of rotatable bonds is 6. The third-order valence-corrected chi connectivity index (χ3v) is 4.38. The Morgan fingerprint density at radius 3 is 2.85 bits per heavy atom. The molecule has 3 heterocycles. The van der Waals surface area contributed by atoms with Crippen molar-refractivity contribution in [3.8, 4) is 5.69 Å². The molecule has 1 aromatic carbocycles. The largest absolute Gasteiger partial charge is 0.342 e. The first-order chi connectivity index (χ1) is 12.6. The van der Waals surface area contributed by atoms with Crippen LogP contribution in [0.25, 0.3) is 16.7 Å². The molecule has 0 radical (unpaired) electrons. The van der Waals surface area contributed by atoms with E-state index >= 15 is 0 Å². The van der Waals surface area contributed by atoms with E-state index in [1.165, 1.54) is 0 Å². The van der Waals surface area contributed by atoms with Crippen LogP contribution in [0.5, 0.6) is 0 Å². The molecule has 0 fully saturated rings. The van der Waals surface area contributed by atoms with Gasteiger partial charge in [-0.1, -0.05) is 13.8 Å². The summed E-state index contributed by atoms with van der Waals surface area (Å²) in [5, 5.41) is 9.02. The number of imidazole rings is 1. The number of nitrogens with zero attached hydrogens (tertiary/aromatic N) is 6. The van der Waals surface area contributed by atoms with Gasteiger partial charge in [0.2, 0.25) is 0 Å². The fourth-order valence-corrected chi connectivity index (χ4v) is 3.06. The van der Waals surface area contributed by atoms with E-state index in [1.807, 2.05) is 34.6 Å². The van der Waals surface area contributed by atoms with Crippen molar-refractivity contribution >= 4 is 11.0 Å². The molecule has 1 N–H and O–H groups in total. The summed E-state index contributed by atoms with van der Waals surface area (Å²) in [6.45, 7) is 7.08. The van der Waals surface area contributed by atoms with E-state index in [1.54, 1.807) is 6.20 Å². The lowest BCUT2D eigenvalue weighted by atomic mass is 10.2. The Kier molecular flexibility index (Phi) is 4.28. The van der Waals surface area contributed by atoms with Crippen molar-refractivity contribution in [2.24, 2.45) is 0 Å². The summed E-state index contributed by atoms with van der Waals surface area (Å²) in [7, 11) is 0. The third kappa shape index (κ3) is 3.24. The van der Waals surface area contributed by atoms with Gasteiger partial charge in [0, 0.05) is 31.3 Å². The van der Waals surface area contributed by atoms with E-state index in [2.05, 4.69) is 41.0 Å². The Labute approximate surface area is 152 Å². The molecule has 0 saturated carbocycles. The van der Waals surface area contributed by atoms with Crippen molar-refractivity contribution in [3.05, 3.63) is 54.1 Å². The molecular weight excluding hydrogens is 326 g/mol. The molecule has 7 heteroatoms. The van der Waals surface area contributed by atoms with E-state index in [4.69, 9.17) is 10.1 Å². The highest BCUT2D eigenvalue weighted by atomic mass is 15.4. The first kappa shape index (κ1) is 16.5. The average molecular weight is 349 g/mol. The summed E-state index contributed by atoms with van der Waals surface area (Å²) >= 11 is 0. The zero-order chi connectivity index (χ0) is 18.1. The molecule has 26 heavy (non-hydrogen) atoms. The fourth-order valence-electron chi connectivity index (χ4n) is 3.06. The predicted molar refractivity (Wildman–Crippen MR) is 100 cm³/mol. The van der Waals surface area contributed by atoms with Gasteiger partial charge in [-0.05, 0) is 37.6 Å². The molecule has 0 aliphatic rings. The minimum Gasteiger partial charge on any atom is -0.342 e. The highest BCUT2D eigenvalue weighted by molar-refractivity contribution is 5.77. The molecule has 0 amide bonds. The lowest BCUT2D eigenvalue weighted by molar-refractivity contribution is 0.566. The van der Waals surface area contributed by atoms with Gasteiger partial charge in [-0.15, -0.1) is 0 Å². The monoisotopic (exact) mass is 349 g/mol. The molecule has 4 aromatic rings. The molecule has 7 nitrogen and oxygen atoms in total. The Morgan fingerprint density at radius 1 is 1.19 bits per heavy atom. The zero-order valence-corrected chi connectivity index (χ0v) is 15.3. The highest BCUT2D eigenvalue weighted by Crippen LogP contribution is 2.20. The average Bonchev–Trinajstić information content (AvgIpc) is 3.32. The lowest BCUT2D eigenvalue weighted by Gasteiger charge is -2.06. The molecule has 0 unspecified atom stereocenters. The van der Waals surface area contributed by atoms with E-state index in [-0.39, 0.29) is 0 Å². The number of H-pyrrole nitrogens is 1. The van der Waals surface area contributed by atoms with Gasteiger partial charge >= 0.3 is 0 Å². The normalized spacial score (nSPS) is 11.7. The Balaban J connectivity index is 1.64. The van der Waals surface area contributed by atoms with Gasteiger partial charge < -0.3 is 4.98 Å². The van der Waals surface area contributed by atoms with Crippen molar-refractivity contribution in [1.82, 2.24) is 34.5 Å². The smallest absolute Gasteiger partial charge is 0.153 e. The number of nitrogens with one attached hydrogen (secondary N) is 1. The molecule has 0 spiro atoms. The Hall–Kier alpha value is -2.96. The first-order valence-electron chi connectivity index (χ1n) is 9.00. The van der Waals surface area contributed by atoms with Crippen LogP contribution in [0.3, 0.4) is 0 Å². The second-order valence-electron chi connectivity index (χ2n) is 6.85. The van der Waals surface area contributed by atoms with Crippen LogP contribution in [0.4, 0.5) is 0 Å². The van der Waals surface area contributed by atoms with Crippen LogP contribution in [0.1, 0.15) is 43.7 Å². The van der Waals surface area contributed by atoms with Gasteiger partial charge in [-0.3, -0.25) is 4.68 Å². The second kappa shape index (κ2) is 6.74. The molecule has 134 valence electrons. The van der Waals surface area contributed by atoms with Crippen LogP contribution >= 0.6 is 0 Å². The summed E-state index contributed by atoms with van der Waals surface area (Å²) in [5.41, 5.74) is 2.99. The number of aromatic nitrogens is 7. The lowest BCUT2D eigenvalue weighted by Crippen LogP contribution is -2.06. The topological polar surface area (TPSA) is 77.2 Å². The molecule has 4 rings (SSSR count). The van der Waals surface area contributed by atoms with Crippen LogP contribution < -0.4 is 0 Å². The van der Waals surface area contributed by atoms with E-state index < -0.39 is 0 Å². The maximum atomic E-state index is 4.79. The molecular formula is C19H23N7. The molecule has 0 saturated heterocycles. The van der Waals surface area contributed by atoms with E-state index in [9.17, 15) is 0 Å². The summed E-state index contributed by atoms with van der Waals surface area (Å²) in [5.74, 6) is 3.06. The van der Waals surface area contributed by atoms with Gasteiger partial charge in [0.1, 0.15) is 11.6 Å². The van der Waals surface area contributed by atoms with Crippen LogP contribution in [0.15, 0.2) is 36.7 Å². The fraction of sp³-hybridized carbons (Fsp3) is 0.368. The Morgan fingerprint density at radius 2 is 2.08 bits per heavy atom. The van der Waals surface area contributed by atoms with Crippen molar-refractivity contribution < 1.29 is 0 Å². The van der Waals surface area contributed by atoms with Crippen molar-refractivity contribution in [3.63, 3.8) is 0 Å². The third-order valence-electron chi connectivity index (χ3n) is 4.38. The van der Waals surface area contributed by atoms with Gasteiger partial charge in [0.25, 0.3) is 0 Å². The summed E-state index contributed by atoms with van der Waals surface area (Å²) in [6.07, 6.45) is 5.60. The Bertz CT molecular complexity index is 1010. The van der Waals surface area contributed by atoms with Crippen LogP contribution in [0.2, 0.25) is 0 Å². The van der Waals surface area contributed by atoms with Crippen molar-refractivity contribution in [2.75, 3.05) is 0 Å². The molecule has 3 aromatic heterocycles. The minimum atomic E-state index is 0.291. The second-order valence-corrected chi connectivity index (χ2v) is 6.85. The first-order valence-corrected chi connectivity index (χ1v) is 9.00. The minimum absolute atomic E-state index is 0.291. The number of aryl methyl sites for hydroxylation is 3. The standard InChI is InChI=1S/C19H23N7/c1-13(2)19-23-18(6-4-10-25-11-5-9-20-25)26(24-19)15-7-8-16-17(12-15)22-14(3)21-16/h5,7-9,11-13H,4,6,10H2,1-3H3,(H,21,22).